The van der Waals surface area contributed by atoms with Gasteiger partial charge in [-0.3, -0.25) is 0 Å². The van der Waals surface area contributed by atoms with E-state index in [2.05, 4.69) is 6.58 Å². The van der Waals surface area contributed by atoms with Gasteiger partial charge in [0.05, 0.1) is 6.61 Å². The Morgan fingerprint density at radius 2 is 2.07 bits per heavy atom. The second kappa shape index (κ2) is 7.00. The molecule has 0 rings (SSSR count). The number of hydrogen-bond acceptors (Lipinski definition) is 4. The van der Waals surface area contributed by atoms with Crippen molar-refractivity contribution in [1.82, 2.24) is 0 Å². The summed E-state index contributed by atoms with van der Waals surface area (Å²) in [6.07, 6.45) is 1.81. The molecule has 80 valence electrons. The largest absolute Gasteiger partial charge is 0.508 e. The first kappa shape index (κ1) is 12.6. The van der Waals surface area contributed by atoms with Gasteiger partial charge in [0, 0.05) is 6.42 Å². The molecular formula is C10H16O4. The number of carbonyl (C=O) groups excluding carboxylic acids is 1. The van der Waals surface area contributed by atoms with E-state index in [4.69, 9.17) is 9.47 Å². The summed E-state index contributed by atoms with van der Waals surface area (Å²) in [5, 5.41) is 9.36. The van der Waals surface area contributed by atoms with Gasteiger partial charge < -0.3 is 14.6 Å². The molecule has 0 aromatic heterocycles. The third kappa shape index (κ3) is 3.98. The number of allylic oxidation sites excluding steroid dienone is 1. The lowest BCUT2D eigenvalue weighted by Crippen LogP contribution is -2.13. The molecule has 0 aromatic carbocycles. The van der Waals surface area contributed by atoms with Crippen molar-refractivity contribution in [2.45, 2.75) is 20.3 Å². The molecule has 0 aliphatic carbocycles. The molecular weight excluding hydrogens is 184 g/mol. The molecule has 4 heteroatoms. The molecule has 0 amide bonds. The predicted molar refractivity (Wildman–Crippen MR) is 52.7 cm³/mol. The summed E-state index contributed by atoms with van der Waals surface area (Å²) in [6.45, 7) is 7.25. The molecule has 0 bridgehead atoms. The van der Waals surface area contributed by atoms with E-state index in [1.807, 2.05) is 0 Å². The molecule has 0 saturated carbocycles. The summed E-state index contributed by atoms with van der Waals surface area (Å²) >= 11 is 0. The zero-order chi connectivity index (χ0) is 11.0. The van der Waals surface area contributed by atoms with Crippen LogP contribution in [-0.2, 0) is 14.3 Å². The fourth-order valence-electron chi connectivity index (χ4n) is 0.760. The zero-order valence-corrected chi connectivity index (χ0v) is 8.58. The minimum absolute atomic E-state index is 0.106. The third-order valence-corrected chi connectivity index (χ3v) is 1.40. The molecule has 0 aliphatic heterocycles. The van der Waals surface area contributed by atoms with Crippen molar-refractivity contribution in [2.24, 2.45) is 0 Å². The summed E-state index contributed by atoms with van der Waals surface area (Å²) in [7, 11) is 0. The molecule has 0 fully saturated rings. The lowest BCUT2D eigenvalue weighted by Gasteiger charge is -2.09. The highest BCUT2D eigenvalue weighted by Gasteiger charge is 2.16. The number of esters is 1. The first-order valence-corrected chi connectivity index (χ1v) is 4.50. The van der Waals surface area contributed by atoms with E-state index in [-0.39, 0.29) is 24.7 Å². The number of hydrogen-bond donors (Lipinski definition) is 1. The van der Waals surface area contributed by atoms with Crippen LogP contribution in [0.2, 0.25) is 0 Å². The minimum atomic E-state index is -0.645. The Hall–Kier alpha value is -1.45. The average Bonchev–Trinajstić information content (AvgIpc) is 2.18. The van der Waals surface area contributed by atoms with Crippen molar-refractivity contribution < 1.29 is 19.4 Å². The Bertz CT molecular complexity index is 230. The van der Waals surface area contributed by atoms with E-state index in [1.165, 1.54) is 6.08 Å². The SMILES string of the molecule is C=CCOC(C(=O)OCC)=C(O)CC. The van der Waals surface area contributed by atoms with Crippen molar-refractivity contribution in [1.29, 1.82) is 0 Å². The van der Waals surface area contributed by atoms with Gasteiger partial charge >= 0.3 is 5.97 Å². The normalized spacial score (nSPS) is 11.6. The van der Waals surface area contributed by atoms with Gasteiger partial charge in [0.1, 0.15) is 12.4 Å². The summed E-state index contributed by atoms with van der Waals surface area (Å²) in [4.78, 5) is 11.3. The Morgan fingerprint density at radius 1 is 1.43 bits per heavy atom. The van der Waals surface area contributed by atoms with Crippen LogP contribution < -0.4 is 0 Å². The smallest absolute Gasteiger partial charge is 0.377 e. The zero-order valence-electron chi connectivity index (χ0n) is 8.58. The van der Waals surface area contributed by atoms with E-state index in [1.54, 1.807) is 13.8 Å². The van der Waals surface area contributed by atoms with Gasteiger partial charge in [-0.25, -0.2) is 4.79 Å². The van der Waals surface area contributed by atoms with Crippen molar-refractivity contribution in [3.05, 3.63) is 24.2 Å². The Kier molecular flexibility index (Phi) is 6.28. The maximum absolute atomic E-state index is 11.3. The first-order chi connectivity index (χ1) is 6.67. The van der Waals surface area contributed by atoms with Crippen molar-refractivity contribution >= 4 is 5.97 Å². The van der Waals surface area contributed by atoms with Crippen LogP contribution in [0.4, 0.5) is 0 Å². The number of aliphatic hydroxyl groups is 1. The van der Waals surface area contributed by atoms with Crippen LogP contribution in [0.15, 0.2) is 24.2 Å². The van der Waals surface area contributed by atoms with Gasteiger partial charge in [-0.05, 0) is 6.92 Å². The molecule has 0 saturated heterocycles. The van der Waals surface area contributed by atoms with E-state index in [9.17, 15) is 9.90 Å². The standard InChI is InChI=1S/C10H16O4/c1-4-7-14-9(8(11)5-2)10(12)13-6-3/h4,11H,1,5-7H2,2-3H3. The number of ether oxygens (including phenoxy) is 2. The molecule has 1 N–H and O–H groups in total. The summed E-state index contributed by atoms with van der Waals surface area (Å²) in [5.41, 5.74) is 0. The van der Waals surface area contributed by atoms with Crippen molar-refractivity contribution in [2.75, 3.05) is 13.2 Å². The Labute approximate surface area is 83.8 Å². The topological polar surface area (TPSA) is 55.8 Å². The molecule has 0 aliphatic rings. The van der Waals surface area contributed by atoms with Crippen molar-refractivity contribution in [3.8, 4) is 0 Å². The number of carbonyl (C=O) groups is 1. The second-order valence-electron chi connectivity index (χ2n) is 2.45. The van der Waals surface area contributed by atoms with Gasteiger partial charge in [0.15, 0.2) is 0 Å². The minimum Gasteiger partial charge on any atom is -0.508 e. The lowest BCUT2D eigenvalue weighted by molar-refractivity contribution is -0.142. The van der Waals surface area contributed by atoms with Crippen LogP contribution in [0.1, 0.15) is 20.3 Å². The molecule has 0 atom stereocenters. The second-order valence-corrected chi connectivity index (χ2v) is 2.45. The van der Waals surface area contributed by atoms with Crippen LogP contribution >= 0.6 is 0 Å². The summed E-state index contributed by atoms with van der Waals surface area (Å²) in [6, 6.07) is 0. The summed E-state index contributed by atoms with van der Waals surface area (Å²) in [5.74, 6) is -0.881. The third-order valence-electron chi connectivity index (χ3n) is 1.40. The molecule has 0 radical (unpaired) electrons. The monoisotopic (exact) mass is 200 g/mol. The van der Waals surface area contributed by atoms with E-state index in [0.29, 0.717) is 6.42 Å². The van der Waals surface area contributed by atoms with E-state index < -0.39 is 5.97 Å². The Balaban J connectivity index is 4.54. The molecule has 14 heavy (non-hydrogen) atoms. The molecule has 0 heterocycles. The van der Waals surface area contributed by atoms with Crippen LogP contribution in [0.3, 0.4) is 0 Å². The lowest BCUT2D eigenvalue weighted by atomic mass is 10.3. The molecule has 0 spiro atoms. The number of aliphatic hydroxyl groups excluding tert-OH is 1. The van der Waals surface area contributed by atoms with Gasteiger partial charge in [-0.1, -0.05) is 19.6 Å². The van der Waals surface area contributed by atoms with E-state index in [0.717, 1.165) is 0 Å². The maximum Gasteiger partial charge on any atom is 0.377 e. The predicted octanol–water partition coefficient (Wildman–Crippen LogP) is 1.93. The fourth-order valence-corrected chi connectivity index (χ4v) is 0.760. The quantitative estimate of drug-likeness (QED) is 0.308. The Morgan fingerprint density at radius 3 is 2.50 bits per heavy atom. The van der Waals surface area contributed by atoms with Crippen molar-refractivity contribution in [3.63, 3.8) is 0 Å². The highest BCUT2D eigenvalue weighted by atomic mass is 16.6. The van der Waals surface area contributed by atoms with Gasteiger partial charge in [0.2, 0.25) is 5.76 Å². The van der Waals surface area contributed by atoms with Crippen LogP contribution in [-0.4, -0.2) is 24.3 Å². The maximum atomic E-state index is 11.3. The molecule has 4 nitrogen and oxygen atoms in total. The van der Waals surface area contributed by atoms with Crippen LogP contribution in [0, 0.1) is 0 Å². The molecule has 0 aromatic rings. The fraction of sp³-hybridized carbons (Fsp3) is 0.500. The highest BCUT2D eigenvalue weighted by molar-refractivity contribution is 5.86. The average molecular weight is 200 g/mol. The number of rotatable bonds is 6. The van der Waals surface area contributed by atoms with Gasteiger partial charge in [0.25, 0.3) is 0 Å². The van der Waals surface area contributed by atoms with Crippen LogP contribution in [0.5, 0.6) is 0 Å². The van der Waals surface area contributed by atoms with Gasteiger partial charge in [-0.2, -0.15) is 0 Å². The summed E-state index contributed by atoms with van der Waals surface area (Å²) < 4.78 is 9.70. The molecule has 0 unspecified atom stereocenters. The van der Waals surface area contributed by atoms with Gasteiger partial charge in [-0.15, -0.1) is 0 Å². The highest BCUT2D eigenvalue weighted by Crippen LogP contribution is 2.09. The van der Waals surface area contributed by atoms with E-state index >= 15 is 0 Å². The van der Waals surface area contributed by atoms with Crippen LogP contribution in [0.25, 0.3) is 0 Å². The first-order valence-electron chi connectivity index (χ1n) is 4.50.